The number of hydrogen-bond acceptors (Lipinski definition) is 5. The van der Waals surface area contributed by atoms with Crippen molar-refractivity contribution in [3.63, 3.8) is 0 Å². The molecule has 4 aromatic rings. The van der Waals surface area contributed by atoms with E-state index in [4.69, 9.17) is 11.6 Å². The molecule has 0 atom stereocenters. The number of rotatable bonds is 5. The van der Waals surface area contributed by atoms with Crippen molar-refractivity contribution in [1.82, 2.24) is 9.97 Å². The van der Waals surface area contributed by atoms with Crippen molar-refractivity contribution in [2.75, 3.05) is 28.6 Å². The fourth-order valence-corrected chi connectivity index (χ4v) is 4.51. The van der Waals surface area contributed by atoms with Gasteiger partial charge in [0.2, 0.25) is 0 Å². The van der Waals surface area contributed by atoms with Crippen LogP contribution in [-0.4, -0.2) is 34.9 Å². The number of carbonyl (C=O) groups excluding carboxylic acids is 2. The summed E-state index contributed by atoms with van der Waals surface area (Å²) >= 11 is 5.60. The fraction of sp³-hybridized carbons (Fsp3) is 0.185. The number of carbonyl (C=O) groups is 2. The van der Waals surface area contributed by atoms with E-state index in [1.807, 2.05) is 0 Å². The van der Waals surface area contributed by atoms with Crippen LogP contribution in [0.5, 0.6) is 0 Å². The summed E-state index contributed by atoms with van der Waals surface area (Å²) in [5, 5.41) is 4.15. The van der Waals surface area contributed by atoms with Gasteiger partial charge in [-0.25, -0.2) is 14.2 Å². The molecular weight excluding hydrogens is 538 g/mol. The molecule has 2 N–H and O–H groups in total. The molecule has 3 aromatic carbocycles. The first-order valence-electron chi connectivity index (χ1n) is 11.9. The van der Waals surface area contributed by atoms with Gasteiger partial charge in [-0.1, -0.05) is 11.6 Å². The lowest BCUT2D eigenvalue weighted by molar-refractivity contribution is -0.137. The van der Waals surface area contributed by atoms with E-state index in [1.54, 1.807) is 12.3 Å². The topological polar surface area (TPSA) is 87.2 Å². The second-order valence-corrected chi connectivity index (χ2v) is 9.33. The summed E-state index contributed by atoms with van der Waals surface area (Å²) in [6, 6.07) is 10.1. The molecular formula is C27H20ClF4N5O2. The molecule has 1 aromatic heterocycles. The zero-order valence-electron chi connectivity index (χ0n) is 20.1. The van der Waals surface area contributed by atoms with E-state index in [2.05, 4.69) is 25.5 Å². The fourth-order valence-electron chi connectivity index (χ4n) is 4.29. The molecule has 200 valence electrons. The maximum Gasteiger partial charge on any atom is 0.417 e. The molecule has 0 unspecified atom stereocenters. The Hall–Kier alpha value is -4.25. The summed E-state index contributed by atoms with van der Waals surface area (Å²) in [6.07, 6.45) is -0.896. The lowest BCUT2D eigenvalue weighted by Gasteiger charge is -2.16. The van der Waals surface area contributed by atoms with Crippen LogP contribution in [0.4, 0.5) is 39.5 Å². The number of urea groups is 1. The second kappa shape index (κ2) is 10.5. The summed E-state index contributed by atoms with van der Waals surface area (Å²) in [5.74, 6) is -0.745. The van der Waals surface area contributed by atoms with Gasteiger partial charge in [0, 0.05) is 30.0 Å². The third-order valence-electron chi connectivity index (χ3n) is 6.22. The number of fused-ring (bicyclic) bond motifs is 1. The largest absolute Gasteiger partial charge is 0.417 e. The SMILES string of the molecule is O=C(Nc1ccc(F)c(C(=O)c2ccc3ncc(N4CCCC4)nc3c2)c1)Nc1ccc(Cl)c(C(F)(F)F)c1. The molecule has 0 bridgehead atoms. The zero-order chi connectivity index (χ0) is 27.7. The maximum absolute atomic E-state index is 14.7. The molecule has 0 radical (unpaired) electrons. The van der Waals surface area contributed by atoms with Crippen LogP contribution >= 0.6 is 11.6 Å². The van der Waals surface area contributed by atoms with Crippen LogP contribution in [0.2, 0.25) is 5.02 Å². The summed E-state index contributed by atoms with van der Waals surface area (Å²) in [7, 11) is 0. The van der Waals surface area contributed by atoms with Gasteiger partial charge in [0.05, 0.1) is 33.4 Å². The molecule has 0 saturated carbocycles. The van der Waals surface area contributed by atoms with Gasteiger partial charge in [0.25, 0.3) is 0 Å². The van der Waals surface area contributed by atoms with Crippen molar-refractivity contribution in [3.05, 3.63) is 88.3 Å². The Kier molecular flexibility index (Phi) is 7.09. The summed E-state index contributed by atoms with van der Waals surface area (Å²) < 4.78 is 54.0. The van der Waals surface area contributed by atoms with Gasteiger partial charge in [0.1, 0.15) is 11.6 Å². The molecule has 12 heteroatoms. The average molecular weight is 558 g/mol. The van der Waals surface area contributed by atoms with Gasteiger partial charge < -0.3 is 15.5 Å². The Morgan fingerprint density at radius 2 is 1.59 bits per heavy atom. The van der Waals surface area contributed by atoms with Crippen molar-refractivity contribution in [2.45, 2.75) is 19.0 Å². The number of nitrogens with zero attached hydrogens (tertiary/aromatic N) is 3. The molecule has 0 aliphatic carbocycles. The normalized spacial score (nSPS) is 13.5. The maximum atomic E-state index is 14.7. The molecule has 7 nitrogen and oxygen atoms in total. The number of anilines is 3. The van der Waals surface area contributed by atoms with Gasteiger partial charge in [-0.05, 0) is 67.4 Å². The number of nitrogens with one attached hydrogen (secondary N) is 2. The van der Waals surface area contributed by atoms with Crippen molar-refractivity contribution in [3.8, 4) is 0 Å². The van der Waals surface area contributed by atoms with Gasteiger partial charge in [0.15, 0.2) is 5.78 Å². The van der Waals surface area contributed by atoms with E-state index in [0.717, 1.165) is 44.1 Å². The molecule has 1 aliphatic heterocycles. The highest BCUT2D eigenvalue weighted by molar-refractivity contribution is 6.31. The number of amides is 2. The predicted octanol–water partition coefficient (Wildman–Crippen LogP) is 6.92. The van der Waals surface area contributed by atoms with Gasteiger partial charge >= 0.3 is 12.2 Å². The monoisotopic (exact) mass is 557 g/mol. The van der Waals surface area contributed by atoms with Crippen molar-refractivity contribution < 1.29 is 27.2 Å². The zero-order valence-corrected chi connectivity index (χ0v) is 20.9. The predicted molar refractivity (Wildman–Crippen MR) is 140 cm³/mol. The van der Waals surface area contributed by atoms with Gasteiger partial charge in [-0.3, -0.25) is 9.78 Å². The molecule has 1 saturated heterocycles. The minimum atomic E-state index is -4.71. The first kappa shape index (κ1) is 26.4. The van der Waals surface area contributed by atoms with Crippen molar-refractivity contribution >= 4 is 51.6 Å². The standard InChI is InChI=1S/C27H20ClF4N5O2/c28-20-6-4-17(13-19(20)27(30,31)32)35-26(39)34-16-5-7-21(29)18(12-16)25(38)15-3-8-22-23(11-15)36-24(14-33-22)37-9-1-2-10-37/h3-8,11-14H,1-2,9-10H2,(H2,34,35,39). The highest BCUT2D eigenvalue weighted by Crippen LogP contribution is 2.36. The van der Waals surface area contributed by atoms with Crippen LogP contribution in [0.1, 0.15) is 34.3 Å². The summed E-state index contributed by atoms with van der Waals surface area (Å²) in [4.78, 5) is 36.7. The minimum Gasteiger partial charge on any atom is -0.355 e. The third-order valence-corrected chi connectivity index (χ3v) is 6.55. The molecule has 0 spiro atoms. The van der Waals surface area contributed by atoms with Gasteiger partial charge in [-0.2, -0.15) is 13.2 Å². The molecule has 5 rings (SSSR count). The van der Waals surface area contributed by atoms with Gasteiger partial charge in [-0.15, -0.1) is 0 Å². The van der Waals surface area contributed by atoms with E-state index in [0.29, 0.717) is 22.9 Å². The minimum absolute atomic E-state index is 0.0548. The third kappa shape index (κ3) is 5.78. The van der Waals surface area contributed by atoms with Crippen LogP contribution in [0.25, 0.3) is 11.0 Å². The Morgan fingerprint density at radius 1 is 0.897 bits per heavy atom. The van der Waals surface area contributed by atoms with Crippen LogP contribution in [-0.2, 0) is 6.18 Å². The Labute approximate surface area is 224 Å². The number of aromatic nitrogens is 2. The van der Waals surface area contributed by atoms with Crippen LogP contribution in [0, 0.1) is 5.82 Å². The Balaban J connectivity index is 1.35. The number of ketones is 1. The molecule has 1 fully saturated rings. The highest BCUT2D eigenvalue weighted by atomic mass is 35.5. The Morgan fingerprint density at radius 3 is 2.31 bits per heavy atom. The van der Waals surface area contributed by atoms with E-state index in [-0.39, 0.29) is 22.5 Å². The number of alkyl halides is 3. The van der Waals surface area contributed by atoms with E-state index >= 15 is 0 Å². The summed E-state index contributed by atoms with van der Waals surface area (Å²) in [6.45, 7) is 1.75. The van der Waals surface area contributed by atoms with E-state index in [1.165, 1.54) is 24.3 Å². The number of benzene rings is 3. The van der Waals surface area contributed by atoms with Crippen LogP contribution in [0.15, 0.2) is 60.8 Å². The van der Waals surface area contributed by atoms with Crippen molar-refractivity contribution in [2.24, 2.45) is 0 Å². The Bertz CT molecular complexity index is 1590. The summed E-state index contributed by atoms with van der Waals surface area (Å²) in [5.41, 5.74) is -0.270. The lowest BCUT2D eigenvalue weighted by atomic mass is 10.0. The number of hydrogen-bond donors (Lipinski definition) is 2. The molecule has 2 heterocycles. The first-order chi connectivity index (χ1) is 18.6. The van der Waals surface area contributed by atoms with Crippen molar-refractivity contribution in [1.29, 1.82) is 0 Å². The smallest absolute Gasteiger partial charge is 0.355 e. The second-order valence-electron chi connectivity index (χ2n) is 8.92. The highest BCUT2D eigenvalue weighted by Gasteiger charge is 2.33. The van der Waals surface area contributed by atoms with Crippen LogP contribution < -0.4 is 15.5 Å². The molecule has 2 amide bonds. The van der Waals surface area contributed by atoms with Crippen LogP contribution in [0.3, 0.4) is 0 Å². The average Bonchev–Trinajstić information content (AvgIpc) is 3.44. The molecule has 1 aliphatic rings. The van der Waals surface area contributed by atoms with E-state index in [9.17, 15) is 27.2 Å². The first-order valence-corrected chi connectivity index (χ1v) is 12.3. The quantitative estimate of drug-likeness (QED) is 0.205. The van der Waals surface area contributed by atoms with E-state index < -0.39 is 34.4 Å². The number of halogens is 5. The molecule has 39 heavy (non-hydrogen) atoms. The lowest BCUT2D eigenvalue weighted by Crippen LogP contribution is -2.20.